The lowest BCUT2D eigenvalue weighted by molar-refractivity contribution is 0.966. The number of hydrogen-bond acceptors (Lipinski definition) is 6. The fourth-order valence-electron chi connectivity index (χ4n) is 1.66. The highest BCUT2D eigenvalue weighted by atomic mass is 32.2. The molecule has 0 unspecified atom stereocenters. The van der Waals surface area contributed by atoms with E-state index >= 15 is 0 Å². The first-order valence-corrected chi connectivity index (χ1v) is 7.42. The normalized spacial score (nSPS) is 11.3. The second-order valence-electron chi connectivity index (χ2n) is 4.07. The molecule has 0 fully saturated rings. The molecule has 0 saturated carbocycles. The van der Waals surface area contributed by atoms with Crippen LogP contribution in [-0.2, 0) is 5.75 Å². The molecule has 0 spiro atoms. The third-order valence-corrected chi connectivity index (χ3v) is 4.24. The molecule has 0 aromatic carbocycles. The van der Waals surface area contributed by atoms with Crippen LogP contribution in [0, 0.1) is 13.8 Å². The van der Waals surface area contributed by atoms with Crippen molar-refractivity contribution in [2.45, 2.75) is 24.8 Å². The average molecular weight is 293 g/mol. The molecule has 0 atom stereocenters. The summed E-state index contributed by atoms with van der Waals surface area (Å²) in [6, 6.07) is 1.56. The molecule has 0 saturated heterocycles. The number of aryl methyl sites for hydroxylation is 2. The minimum Gasteiger partial charge on any atom is -0.269 e. The van der Waals surface area contributed by atoms with Gasteiger partial charge in [0.15, 0.2) is 4.96 Å². The molecule has 0 aliphatic heterocycles. The second kappa shape index (κ2) is 4.78. The molecule has 3 rings (SSSR count). The van der Waals surface area contributed by atoms with Crippen LogP contribution in [0.4, 0.5) is 0 Å². The molecule has 3 aromatic heterocycles. The molecule has 3 heterocycles. The van der Waals surface area contributed by atoms with Crippen molar-refractivity contribution in [3.63, 3.8) is 0 Å². The van der Waals surface area contributed by atoms with Gasteiger partial charge in [-0.2, -0.15) is 0 Å². The van der Waals surface area contributed by atoms with E-state index in [2.05, 4.69) is 20.2 Å². The van der Waals surface area contributed by atoms with Gasteiger partial charge in [-0.25, -0.2) is 9.97 Å². The van der Waals surface area contributed by atoms with Crippen molar-refractivity contribution in [1.29, 1.82) is 0 Å². The average Bonchev–Trinajstić information content (AvgIpc) is 2.92. The Morgan fingerprint density at radius 3 is 3.00 bits per heavy atom. The number of nitrogens with one attached hydrogen (secondary N) is 1. The van der Waals surface area contributed by atoms with Crippen molar-refractivity contribution in [3.05, 3.63) is 39.0 Å². The highest BCUT2D eigenvalue weighted by molar-refractivity contribution is 7.98. The summed E-state index contributed by atoms with van der Waals surface area (Å²) in [7, 11) is 0. The van der Waals surface area contributed by atoms with Crippen LogP contribution in [0.5, 0.6) is 0 Å². The minimum absolute atomic E-state index is 0.0453. The SMILES string of the molecule is Cc1nc(SCc2cc(=O)n3cc(C)sc3n2)n[nH]1. The maximum atomic E-state index is 11.9. The summed E-state index contributed by atoms with van der Waals surface area (Å²) in [6.45, 7) is 3.81. The van der Waals surface area contributed by atoms with Gasteiger partial charge in [-0.15, -0.1) is 16.4 Å². The molecule has 0 bridgehead atoms. The maximum Gasteiger partial charge on any atom is 0.258 e. The zero-order valence-electron chi connectivity index (χ0n) is 10.4. The summed E-state index contributed by atoms with van der Waals surface area (Å²) in [4.78, 5) is 22.4. The van der Waals surface area contributed by atoms with Crippen molar-refractivity contribution in [2.75, 3.05) is 0 Å². The van der Waals surface area contributed by atoms with E-state index in [1.54, 1.807) is 10.5 Å². The fourth-order valence-corrected chi connectivity index (χ4v) is 3.24. The van der Waals surface area contributed by atoms with E-state index < -0.39 is 0 Å². The van der Waals surface area contributed by atoms with Gasteiger partial charge in [-0.1, -0.05) is 11.8 Å². The molecule has 8 heteroatoms. The number of nitrogens with zero attached hydrogens (tertiary/aromatic N) is 4. The Kier molecular flexibility index (Phi) is 3.11. The largest absolute Gasteiger partial charge is 0.269 e. The summed E-state index contributed by atoms with van der Waals surface area (Å²) in [5.74, 6) is 1.36. The Morgan fingerprint density at radius 2 is 2.26 bits per heavy atom. The monoisotopic (exact) mass is 293 g/mol. The van der Waals surface area contributed by atoms with Crippen LogP contribution in [0.1, 0.15) is 16.4 Å². The van der Waals surface area contributed by atoms with E-state index in [9.17, 15) is 4.79 Å². The number of aromatic nitrogens is 5. The highest BCUT2D eigenvalue weighted by Gasteiger charge is 2.07. The number of fused-ring (bicyclic) bond motifs is 1. The molecule has 0 amide bonds. The van der Waals surface area contributed by atoms with Crippen LogP contribution in [0.3, 0.4) is 0 Å². The van der Waals surface area contributed by atoms with Gasteiger partial charge in [0.2, 0.25) is 5.16 Å². The van der Waals surface area contributed by atoms with Crippen molar-refractivity contribution in [1.82, 2.24) is 24.6 Å². The molecule has 3 aromatic rings. The van der Waals surface area contributed by atoms with Crippen LogP contribution >= 0.6 is 23.1 Å². The number of H-pyrrole nitrogens is 1. The molecular formula is C11H11N5OS2. The van der Waals surface area contributed by atoms with E-state index in [4.69, 9.17) is 0 Å². The molecule has 0 aliphatic carbocycles. The van der Waals surface area contributed by atoms with E-state index in [0.29, 0.717) is 10.9 Å². The summed E-state index contributed by atoms with van der Waals surface area (Å²) in [5.41, 5.74) is 0.704. The highest BCUT2D eigenvalue weighted by Crippen LogP contribution is 2.19. The zero-order chi connectivity index (χ0) is 13.4. The van der Waals surface area contributed by atoms with Gasteiger partial charge in [0.1, 0.15) is 5.82 Å². The first-order valence-electron chi connectivity index (χ1n) is 5.62. The van der Waals surface area contributed by atoms with Crippen molar-refractivity contribution >= 4 is 28.1 Å². The lowest BCUT2D eigenvalue weighted by Gasteiger charge is -1.98. The molecule has 1 N–H and O–H groups in total. The van der Waals surface area contributed by atoms with Crippen LogP contribution in [0.2, 0.25) is 0 Å². The third kappa shape index (κ3) is 2.54. The topological polar surface area (TPSA) is 75.9 Å². The van der Waals surface area contributed by atoms with Crippen LogP contribution in [0.15, 0.2) is 22.2 Å². The van der Waals surface area contributed by atoms with Crippen LogP contribution in [-0.4, -0.2) is 24.6 Å². The summed E-state index contributed by atoms with van der Waals surface area (Å²) < 4.78 is 1.57. The van der Waals surface area contributed by atoms with E-state index in [-0.39, 0.29) is 5.56 Å². The standard InChI is InChI=1S/C11H11N5OS2/c1-6-4-16-9(17)3-8(13-11(16)19-6)5-18-10-12-7(2)14-15-10/h3-4H,5H2,1-2H3,(H,12,14,15). The first kappa shape index (κ1) is 12.4. The van der Waals surface area contributed by atoms with Crippen molar-refractivity contribution in [2.24, 2.45) is 0 Å². The Morgan fingerprint density at radius 1 is 1.42 bits per heavy atom. The Bertz CT molecular complexity index is 788. The fraction of sp³-hybridized carbons (Fsp3) is 0.273. The summed E-state index contributed by atoms with van der Waals surface area (Å²) in [5, 5.41) is 7.49. The quantitative estimate of drug-likeness (QED) is 0.745. The van der Waals surface area contributed by atoms with Gasteiger partial charge < -0.3 is 0 Å². The Labute approximate surface area is 116 Å². The first-order chi connectivity index (χ1) is 9.11. The lowest BCUT2D eigenvalue weighted by Crippen LogP contribution is -2.12. The molecule has 19 heavy (non-hydrogen) atoms. The zero-order valence-corrected chi connectivity index (χ0v) is 12.0. The lowest BCUT2D eigenvalue weighted by atomic mass is 10.4. The predicted octanol–water partition coefficient (Wildman–Crippen LogP) is 1.78. The third-order valence-electron chi connectivity index (χ3n) is 2.46. The Hall–Kier alpha value is -1.67. The maximum absolute atomic E-state index is 11.9. The van der Waals surface area contributed by atoms with Crippen molar-refractivity contribution in [3.8, 4) is 0 Å². The number of aromatic amines is 1. The summed E-state index contributed by atoms with van der Waals surface area (Å²) in [6.07, 6.45) is 1.81. The van der Waals surface area contributed by atoms with E-state index in [1.807, 2.05) is 20.0 Å². The number of thiazole rings is 1. The van der Waals surface area contributed by atoms with Gasteiger partial charge in [0.05, 0.1) is 5.69 Å². The number of hydrogen-bond donors (Lipinski definition) is 1. The van der Waals surface area contributed by atoms with Gasteiger partial charge >= 0.3 is 0 Å². The van der Waals surface area contributed by atoms with Gasteiger partial charge in [-0.3, -0.25) is 14.3 Å². The van der Waals surface area contributed by atoms with Crippen LogP contribution < -0.4 is 5.56 Å². The van der Waals surface area contributed by atoms with Crippen LogP contribution in [0.25, 0.3) is 4.96 Å². The van der Waals surface area contributed by atoms with Crippen molar-refractivity contribution < 1.29 is 0 Å². The molecular weight excluding hydrogens is 282 g/mol. The molecule has 0 radical (unpaired) electrons. The van der Waals surface area contributed by atoms with Gasteiger partial charge in [-0.05, 0) is 13.8 Å². The van der Waals surface area contributed by atoms with Gasteiger partial charge in [0.25, 0.3) is 5.56 Å². The predicted molar refractivity (Wildman–Crippen MR) is 74.8 cm³/mol. The summed E-state index contributed by atoms with van der Waals surface area (Å²) >= 11 is 2.97. The van der Waals surface area contributed by atoms with Gasteiger partial charge in [0, 0.05) is 22.9 Å². The minimum atomic E-state index is -0.0453. The number of rotatable bonds is 3. The van der Waals surface area contributed by atoms with E-state index in [0.717, 1.165) is 21.4 Å². The Balaban J connectivity index is 1.87. The molecule has 0 aliphatic rings. The number of thioether (sulfide) groups is 1. The molecule has 98 valence electrons. The molecule has 6 nitrogen and oxygen atoms in total. The smallest absolute Gasteiger partial charge is 0.258 e. The van der Waals surface area contributed by atoms with E-state index in [1.165, 1.54) is 23.1 Å². The second-order valence-corrected chi connectivity index (χ2v) is 6.23.